The van der Waals surface area contributed by atoms with Crippen LogP contribution in [0, 0.1) is 61.6 Å². The topological polar surface area (TPSA) is 458 Å². The van der Waals surface area contributed by atoms with Crippen LogP contribution in [0.25, 0.3) is 0 Å². The van der Waals surface area contributed by atoms with Crippen LogP contribution in [-0.4, -0.2) is 312 Å². The normalized spacial score (nSPS) is 54.2. The van der Waals surface area contributed by atoms with E-state index in [9.17, 15) is 81.4 Å². The first kappa shape index (κ1) is 80.3. The number of hydrogen-bond donors (Lipinski definition) is 15. The molecule has 39 atom stereocenters. The highest BCUT2D eigenvalue weighted by molar-refractivity contribution is 5.88. The Labute approximate surface area is 601 Å². The monoisotopic (exact) mass is 1470 g/mol. The second-order valence-corrected chi connectivity index (χ2v) is 35.3. The summed E-state index contributed by atoms with van der Waals surface area (Å²) >= 11 is 0. The van der Waals surface area contributed by atoms with Gasteiger partial charge in [0, 0.05) is 38.6 Å². The Morgan fingerprint density at radius 1 is 0.592 bits per heavy atom. The van der Waals surface area contributed by atoms with E-state index < -0.39 is 253 Å². The predicted molar refractivity (Wildman–Crippen MR) is 354 cm³/mol. The number of hydrogen-bond acceptors (Lipinski definition) is 29. The standard InChI is InChI=1S/C73H118O30/c1-30-52-48(85)57(101-64-51(88)55(92-13)53(31(2)96-64)99-63-50(87)54(91-12)36(77)28-94-63)60(95-30)73(103-52,66(3,4)5)25-41(79)72-21-20-67(6,7)23-34(72)33-14-15-39-68(8)18-17-42(69(9,29-75)38(68)16-19-70(39,10)71(33,11)24-40(72)78)98-65-59(97-37-22-32(26-74)43(80)46(83)45(37)82)56(49(86)58(102-65)61(89)90)100-62-47(84)44(81)35(76)27-93-62/h14,30-32,34-40,42-60,62-65,74-78,80-88H,15-29H2,1-13H3,(H,89,90)/t30?,31?,32?,34?,35-,36-,37-,38?,39?,40?,42?,43+,44?,45?,46?,47?,48?,49+,50?,51?,52+,53+,54?,55?,56?,57?,58?,59?,60-,62+,63+,64+,65-,68+,69+,70-,71-,72-,73?/m1/s1. The van der Waals surface area contributed by atoms with E-state index in [1.807, 2.05) is 27.7 Å². The van der Waals surface area contributed by atoms with Crippen molar-refractivity contribution in [1.29, 1.82) is 0 Å². The van der Waals surface area contributed by atoms with Gasteiger partial charge in [0.2, 0.25) is 0 Å². The summed E-state index contributed by atoms with van der Waals surface area (Å²) in [6.07, 6.45) is -35.6. The van der Waals surface area contributed by atoms with Crippen LogP contribution in [0.2, 0.25) is 0 Å². The molecule has 13 rings (SSSR count). The van der Waals surface area contributed by atoms with Gasteiger partial charge < -0.3 is 138 Å². The average molecular weight is 1480 g/mol. The number of ether oxygens (including phenoxy) is 13. The predicted octanol–water partition coefficient (Wildman–Crippen LogP) is -0.765. The van der Waals surface area contributed by atoms with Crippen LogP contribution in [0.15, 0.2) is 11.6 Å². The first-order valence-corrected chi connectivity index (χ1v) is 37.2. The van der Waals surface area contributed by atoms with Gasteiger partial charge in [0.1, 0.15) is 121 Å². The fourth-order valence-corrected chi connectivity index (χ4v) is 22.0. The van der Waals surface area contributed by atoms with E-state index in [1.54, 1.807) is 13.8 Å². The average Bonchev–Trinajstić information content (AvgIpc) is 0.669. The van der Waals surface area contributed by atoms with Gasteiger partial charge in [0.15, 0.2) is 31.3 Å². The first-order chi connectivity index (χ1) is 48.2. The van der Waals surface area contributed by atoms with Gasteiger partial charge in [-0.2, -0.15) is 0 Å². The van der Waals surface area contributed by atoms with Gasteiger partial charge in [-0.05, 0) is 123 Å². The summed E-state index contributed by atoms with van der Waals surface area (Å²) in [5.41, 5.74) is -5.73. The summed E-state index contributed by atoms with van der Waals surface area (Å²) in [6.45, 7) is 20.6. The molecule has 30 nitrogen and oxygen atoms in total. The lowest BCUT2D eigenvalue weighted by Crippen LogP contribution is -2.78. The zero-order chi connectivity index (χ0) is 75.3. The highest BCUT2D eigenvalue weighted by Gasteiger charge is 2.74. The number of carboxylic acids is 1. The lowest BCUT2D eigenvalue weighted by molar-refractivity contribution is -0.410. The Hall–Kier alpha value is -2.20. The van der Waals surface area contributed by atoms with E-state index in [2.05, 4.69) is 40.7 Å². The number of aliphatic hydroxyl groups excluding tert-OH is 14. The van der Waals surface area contributed by atoms with Crippen LogP contribution < -0.4 is 0 Å². The summed E-state index contributed by atoms with van der Waals surface area (Å²) in [6, 6.07) is 0. The molecule has 5 saturated carbocycles. The van der Waals surface area contributed by atoms with Gasteiger partial charge in [-0.15, -0.1) is 0 Å². The van der Waals surface area contributed by atoms with Crippen LogP contribution in [0.1, 0.15) is 147 Å². The molecule has 12 fully saturated rings. The van der Waals surface area contributed by atoms with Crippen molar-refractivity contribution in [2.24, 2.45) is 61.6 Å². The Balaban J connectivity index is 0.821. The van der Waals surface area contributed by atoms with Crippen molar-refractivity contribution < 1.29 is 148 Å². The van der Waals surface area contributed by atoms with Crippen LogP contribution in [0.4, 0.5) is 0 Å². The number of carboxylic acid groups (broad SMARTS) is 1. The van der Waals surface area contributed by atoms with Gasteiger partial charge in [0.05, 0.1) is 61.9 Å². The molecule has 30 heteroatoms. The number of carbonyl (C=O) groups excluding carboxylic acids is 1. The maximum Gasteiger partial charge on any atom is 0.335 e. The molecule has 0 aromatic carbocycles. The molecule has 590 valence electrons. The molecular formula is C73H118O30. The molecule has 0 aromatic rings. The van der Waals surface area contributed by atoms with Crippen molar-refractivity contribution in [2.45, 2.75) is 330 Å². The summed E-state index contributed by atoms with van der Waals surface area (Å²) < 4.78 is 81.6. The van der Waals surface area contributed by atoms with Crippen LogP contribution in [0.5, 0.6) is 0 Å². The lowest BCUT2D eigenvalue weighted by Gasteiger charge is -2.72. The smallest absolute Gasteiger partial charge is 0.335 e. The van der Waals surface area contributed by atoms with E-state index in [0.29, 0.717) is 44.9 Å². The zero-order valence-electron chi connectivity index (χ0n) is 61.6. The molecule has 15 N–H and O–H groups in total. The molecule has 0 aromatic heterocycles. The molecule has 22 unspecified atom stereocenters. The third-order valence-corrected chi connectivity index (χ3v) is 28.4. The van der Waals surface area contributed by atoms with E-state index in [0.717, 1.165) is 5.57 Å². The largest absolute Gasteiger partial charge is 0.479 e. The third-order valence-electron chi connectivity index (χ3n) is 28.4. The van der Waals surface area contributed by atoms with Crippen LogP contribution >= 0.6 is 0 Å². The minimum Gasteiger partial charge on any atom is -0.479 e. The first-order valence-electron chi connectivity index (χ1n) is 37.2. The van der Waals surface area contributed by atoms with Crippen LogP contribution in [-0.2, 0) is 71.2 Å². The van der Waals surface area contributed by atoms with E-state index in [4.69, 9.17) is 61.6 Å². The SMILES string of the molecule is COC1C(O)[C@H](OC2C(O)[C@H]3OC(CC(=O)[C@]45CCC(C)(C)CC4C4=CCC6[C@@]7(C)CCC(O[C@@H]8OC(C(=O)O)[C@@H](O)C(O[C@@H]9OC[C@@H](O)C(O)C9O)C8O[C@@H]8CC(CO)[C@H](O)C(O)C8O)[C@@](C)(CO)C7CC[C@@]6(C)[C@]4(C)CC5O)(C(C)(C)C)[C@@H]2OC3C)OC(C)[C@@H]1O[C@@H]1OC[C@@H](O)C(OC)C1O. The molecule has 7 heterocycles. The summed E-state index contributed by atoms with van der Waals surface area (Å²) in [4.78, 5) is 29.7. The number of Topliss-reactive ketones (excluding diaryl/α,β-unsaturated/α-hetero) is 1. The Bertz CT molecular complexity index is 3030. The van der Waals surface area contributed by atoms with Crippen molar-refractivity contribution in [3.05, 3.63) is 11.6 Å². The summed E-state index contributed by atoms with van der Waals surface area (Å²) in [7, 11) is 2.72. The van der Waals surface area contributed by atoms with Gasteiger partial charge >= 0.3 is 5.97 Å². The second kappa shape index (κ2) is 29.2. The van der Waals surface area contributed by atoms with Crippen molar-refractivity contribution in [2.75, 3.05) is 40.6 Å². The molecule has 2 bridgehead atoms. The van der Waals surface area contributed by atoms with Crippen molar-refractivity contribution in [3.63, 3.8) is 0 Å². The van der Waals surface area contributed by atoms with Gasteiger partial charge in [-0.1, -0.05) is 74.0 Å². The van der Waals surface area contributed by atoms with E-state index in [1.165, 1.54) is 14.2 Å². The number of carbonyl (C=O) groups is 2. The maximum atomic E-state index is 16.6. The highest BCUT2D eigenvalue weighted by Crippen LogP contribution is 2.76. The molecular weight excluding hydrogens is 1360 g/mol. The summed E-state index contributed by atoms with van der Waals surface area (Å²) in [5.74, 6) is -3.69. The fraction of sp³-hybridized carbons (Fsp3) is 0.945. The van der Waals surface area contributed by atoms with E-state index >= 15 is 4.79 Å². The number of rotatable bonds is 18. The Morgan fingerprint density at radius 3 is 1.87 bits per heavy atom. The molecule has 6 aliphatic carbocycles. The zero-order valence-corrected chi connectivity index (χ0v) is 61.6. The number of allylic oxidation sites excluding steroid dienone is 2. The third kappa shape index (κ3) is 13.0. The van der Waals surface area contributed by atoms with Gasteiger partial charge in [-0.3, -0.25) is 4.79 Å². The van der Waals surface area contributed by atoms with Crippen molar-refractivity contribution in [3.8, 4) is 0 Å². The Morgan fingerprint density at radius 2 is 1.23 bits per heavy atom. The number of methoxy groups -OCH3 is 2. The minimum absolute atomic E-state index is 0.0787. The highest BCUT2D eigenvalue weighted by atomic mass is 16.8. The molecule has 13 aliphatic rings. The fourth-order valence-electron chi connectivity index (χ4n) is 22.0. The number of fused-ring (bicyclic) bond motifs is 10. The minimum atomic E-state index is -2.12. The molecule has 0 radical (unpaired) electrons. The molecule has 7 aliphatic heterocycles. The molecule has 0 amide bonds. The molecule has 103 heavy (non-hydrogen) atoms. The second-order valence-electron chi connectivity index (χ2n) is 35.3. The summed E-state index contributed by atoms with van der Waals surface area (Å²) in [5, 5.41) is 170. The van der Waals surface area contributed by atoms with Crippen molar-refractivity contribution >= 4 is 11.8 Å². The van der Waals surface area contributed by atoms with E-state index in [-0.39, 0.29) is 55.3 Å². The lowest BCUT2D eigenvalue weighted by atomic mass is 9.33. The van der Waals surface area contributed by atoms with Gasteiger partial charge in [0.25, 0.3) is 0 Å². The molecule has 0 spiro atoms. The number of aliphatic carboxylic acids is 1. The van der Waals surface area contributed by atoms with Crippen LogP contribution in [0.3, 0.4) is 0 Å². The maximum absolute atomic E-state index is 16.6. The number of aliphatic hydroxyl groups is 14. The Kier molecular flexibility index (Phi) is 22.7. The molecule has 7 saturated heterocycles. The van der Waals surface area contributed by atoms with Gasteiger partial charge in [-0.25, -0.2) is 4.79 Å². The van der Waals surface area contributed by atoms with Crippen molar-refractivity contribution in [1.82, 2.24) is 0 Å². The quantitative estimate of drug-likeness (QED) is 0.0592. The number of ketones is 1.